The fourth-order valence-electron chi connectivity index (χ4n) is 1.66. The van der Waals surface area contributed by atoms with Gasteiger partial charge in [-0.1, -0.05) is 26.3 Å². The zero-order valence-electron chi connectivity index (χ0n) is 12.6. The van der Waals surface area contributed by atoms with Crippen molar-refractivity contribution in [1.29, 1.82) is 5.26 Å². The Morgan fingerprint density at radius 3 is 2.90 bits per heavy atom. The van der Waals surface area contributed by atoms with Crippen molar-refractivity contribution >= 4 is 11.8 Å². The standard InChI is InChI=1S/C16H24N2OS/c1-4-13(2)12-20-16-6-5-14(9-15(16)10-17)11-18-7-8-19-3/h5-6,9,13,18H,4,7-8,11-12H2,1-3H3. The number of hydrogen-bond donors (Lipinski definition) is 1. The minimum Gasteiger partial charge on any atom is -0.383 e. The molecule has 0 saturated heterocycles. The molecular weight excluding hydrogens is 268 g/mol. The van der Waals surface area contributed by atoms with Crippen molar-refractivity contribution in [1.82, 2.24) is 5.32 Å². The molecule has 0 fully saturated rings. The molecule has 0 bridgehead atoms. The number of nitrogens with zero attached hydrogens (tertiary/aromatic N) is 1. The molecule has 1 unspecified atom stereocenters. The van der Waals surface area contributed by atoms with Crippen molar-refractivity contribution in [3.8, 4) is 6.07 Å². The smallest absolute Gasteiger partial charge is 0.100 e. The van der Waals surface area contributed by atoms with Gasteiger partial charge in [-0.2, -0.15) is 5.26 Å². The lowest BCUT2D eigenvalue weighted by Gasteiger charge is -2.10. The van der Waals surface area contributed by atoms with Crippen LogP contribution >= 0.6 is 11.8 Å². The number of nitrogens with one attached hydrogen (secondary N) is 1. The Labute approximate surface area is 126 Å². The van der Waals surface area contributed by atoms with E-state index in [0.29, 0.717) is 12.5 Å². The summed E-state index contributed by atoms with van der Waals surface area (Å²) in [6, 6.07) is 8.46. The molecule has 0 aliphatic carbocycles. The van der Waals surface area contributed by atoms with E-state index in [1.807, 2.05) is 6.07 Å². The Kier molecular flexibility index (Phi) is 8.36. The van der Waals surface area contributed by atoms with Gasteiger partial charge in [0, 0.05) is 30.8 Å². The predicted octanol–water partition coefficient (Wildman–Crippen LogP) is 3.43. The molecule has 1 N–H and O–H groups in total. The fraction of sp³-hybridized carbons (Fsp3) is 0.562. The summed E-state index contributed by atoms with van der Waals surface area (Å²) in [7, 11) is 1.69. The summed E-state index contributed by atoms with van der Waals surface area (Å²) in [5, 5.41) is 12.6. The molecule has 1 atom stereocenters. The molecule has 110 valence electrons. The van der Waals surface area contributed by atoms with Gasteiger partial charge in [0.1, 0.15) is 6.07 Å². The van der Waals surface area contributed by atoms with Crippen LogP contribution in [-0.4, -0.2) is 26.0 Å². The van der Waals surface area contributed by atoms with Crippen LogP contribution in [0, 0.1) is 17.2 Å². The fourth-order valence-corrected chi connectivity index (χ4v) is 2.78. The van der Waals surface area contributed by atoms with Crippen molar-refractivity contribution < 1.29 is 4.74 Å². The first-order valence-electron chi connectivity index (χ1n) is 7.06. The van der Waals surface area contributed by atoms with E-state index in [-0.39, 0.29) is 0 Å². The highest BCUT2D eigenvalue weighted by Crippen LogP contribution is 2.26. The van der Waals surface area contributed by atoms with Crippen molar-refractivity contribution in [2.45, 2.75) is 31.7 Å². The maximum Gasteiger partial charge on any atom is 0.100 e. The third-order valence-electron chi connectivity index (χ3n) is 3.20. The number of benzene rings is 1. The van der Waals surface area contributed by atoms with Gasteiger partial charge in [-0.15, -0.1) is 11.8 Å². The summed E-state index contributed by atoms with van der Waals surface area (Å²) in [5.41, 5.74) is 1.93. The minimum atomic E-state index is 0.682. The van der Waals surface area contributed by atoms with Crippen LogP contribution in [0.1, 0.15) is 31.4 Å². The molecule has 4 heteroatoms. The number of rotatable bonds is 9. The summed E-state index contributed by atoms with van der Waals surface area (Å²) < 4.78 is 4.99. The maximum absolute atomic E-state index is 9.27. The van der Waals surface area contributed by atoms with Gasteiger partial charge in [-0.3, -0.25) is 0 Å². The van der Waals surface area contributed by atoms with Crippen LogP contribution in [0.5, 0.6) is 0 Å². The summed E-state index contributed by atoms with van der Waals surface area (Å²) in [6.45, 7) is 6.74. The predicted molar refractivity (Wildman–Crippen MR) is 84.9 cm³/mol. The second-order valence-electron chi connectivity index (χ2n) is 4.94. The average Bonchev–Trinajstić information content (AvgIpc) is 2.49. The van der Waals surface area contributed by atoms with Gasteiger partial charge in [0.15, 0.2) is 0 Å². The highest BCUT2D eigenvalue weighted by atomic mass is 32.2. The molecule has 0 saturated carbocycles. The SMILES string of the molecule is CCC(C)CSc1ccc(CNCCOC)cc1C#N. The number of methoxy groups -OCH3 is 1. The van der Waals surface area contributed by atoms with Crippen molar-refractivity contribution in [2.75, 3.05) is 26.0 Å². The van der Waals surface area contributed by atoms with Gasteiger partial charge in [-0.05, 0) is 23.6 Å². The second-order valence-corrected chi connectivity index (χ2v) is 6.00. The van der Waals surface area contributed by atoms with Crippen molar-refractivity contribution in [3.05, 3.63) is 29.3 Å². The largest absolute Gasteiger partial charge is 0.383 e. The normalized spacial score (nSPS) is 12.1. The zero-order valence-corrected chi connectivity index (χ0v) is 13.4. The Morgan fingerprint density at radius 2 is 2.25 bits per heavy atom. The van der Waals surface area contributed by atoms with Gasteiger partial charge < -0.3 is 10.1 Å². The molecule has 0 aliphatic heterocycles. The summed E-state index contributed by atoms with van der Waals surface area (Å²) in [6.07, 6.45) is 1.18. The highest BCUT2D eigenvalue weighted by Gasteiger charge is 2.06. The molecule has 0 aromatic heterocycles. The molecule has 1 aromatic rings. The first kappa shape index (κ1) is 17.0. The summed E-state index contributed by atoms with van der Waals surface area (Å²) >= 11 is 1.78. The van der Waals surface area contributed by atoms with E-state index in [1.54, 1.807) is 18.9 Å². The number of nitriles is 1. The van der Waals surface area contributed by atoms with E-state index in [4.69, 9.17) is 4.74 Å². The third-order valence-corrected chi connectivity index (χ3v) is 4.60. The van der Waals surface area contributed by atoms with Gasteiger partial charge in [0.05, 0.1) is 12.2 Å². The molecule has 3 nitrogen and oxygen atoms in total. The lowest BCUT2D eigenvalue weighted by Crippen LogP contribution is -2.18. The summed E-state index contributed by atoms with van der Waals surface area (Å²) in [5.74, 6) is 1.75. The van der Waals surface area contributed by atoms with Crippen molar-refractivity contribution in [2.24, 2.45) is 5.92 Å². The lowest BCUT2D eigenvalue weighted by atomic mass is 10.1. The second kappa shape index (κ2) is 9.82. The van der Waals surface area contributed by atoms with E-state index in [9.17, 15) is 5.26 Å². The lowest BCUT2D eigenvalue weighted by molar-refractivity contribution is 0.199. The van der Waals surface area contributed by atoms with Gasteiger partial charge >= 0.3 is 0 Å². The van der Waals surface area contributed by atoms with E-state index < -0.39 is 0 Å². The van der Waals surface area contributed by atoms with E-state index in [2.05, 4.69) is 37.4 Å². The minimum absolute atomic E-state index is 0.682. The van der Waals surface area contributed by atoms with Crippen LogP contribution in [-0.2, 0) is 11.3 Å². The molecule has 0 aliphatic rings. The first-order valence-corrected chi connectivity index (χ1v) is 8.05. The van der Waals surface area contributed by atoms with Crippen LogP contribution in [0.15, 0.2) is 23.1 Å². The molecular formula is C16H24N2OS. The van der Waals surface area contributed by atoms with Crippen LogP contribution in [0.2, 0.25) is 0 Å². The van der Waals surface area contributed by atoms with E-state index in [0.717, 1.165) is 34.9 Å². The van der Waals surface area contributed by atoms with Gasteiger partial charge in [-0.25, -0.2) is 0 Å². The molecule has 1 aromatic carbocycles. The zero-order chi connectivity index (χ0) is 14.8. The maximum atomic E-state index is 9.27. The Hall–Kier alpha value is -1.02. The third kappa shape index (κ3) is 5.96. The quantitative estimate of drug-likeness (QED) is 0.559. The first-order chi connectivity index (χ1) is 9.71. The van der Waals surface area contributed by atoms with Crippen molar-refractivity contribution in [3.63, 3.8) is 0 Å². The van der Waals surface area contributed by atoms with E-state index in [1.165, 1.54) is 6.42 Å². The molecule has 0 heterocycles. The highest BCUT2D eigenvalue weighted by molar-refractivity contribution is 7.99. The van der Waals surface area contributed by atoms with E-state index >= 15 is 0 Å². The van der Waals surface area contributed by atoms with Crippen LogP contribution < -0.4 is 5.32 Å². The van der Waals surface area contributed by atoms with Gasteiger partial charge in [0.25, 0.3) is 0 Å². The van der Waals surface area contributed by atoms with Gasteiger partial charge in [0.2, 0.25) is 0 Å². The number of thioether (sulfide) groups is 1. The number of hydrogen-bond acceptors (Lipinski definition) is 4. The Balaban J connectivity index is 2.59. The Bertz CT molecular complexity index is 443. The topological polar surface area (TPSA) is 45.0 Å². The molecule has 0 radical (unpaired) electrons. The number of ether oxygens (including phenoxy) is 1. The average molecular weight is 292 g/mol. The van der Waals surface area contributed by atoms with Crippen LogP contribution in [0.25, 0.3) is 0 Å². The van der Waals surface area contributed by atoms with Crippen LogP contribution in [0.3, 0.4) is 0 Å². The monoisotopic (exact) mass is 292 g/mol. The molecule has 0 amide bonds. The molecule has 1 rings (SSSR count). The molecule has 0 spiro atoms. The molecule has 20 heavy (non-hydrogen) atoms. The summed E-state index contributed by atoms with van der Waals surface area (Å²) in [4.78, 5) is 1.09. The Morgan fingerprint density at radius 1 is 1.45 bits per heavy atom. The van der Waals surface area contributed by atoms with Crippen LogP contribution in [0.4, 0.5) is 0 Å².